The molecule has 0 aromatic heterocycles. The van der Waals surface area contributed by atoms with Crippen LogP contribution < -0.4 is 0 Å². The second-order valence-electron chi connectivity index (χ2n) is 5.16. The Hall–Kier alpha value is -0.520. The monoisotopic (exact) mass is 238 g/mol. The second-order valence-corrected chi connectivity index (χ2v) is 5.16. The number of ether oxygens (including phenoxy) is 1. The fraction of sp³-hybridized carbons (Fsp3) is 0.867. The lowest BCUT2D eigenvalue weighted by Crippen LogP contribution is -2.47. The molecule has 1 rings (SSSR count). The maximum absolute atomic E-state index is 10.4. The standard InChI is InChI=1S/C15H26O2/c1-4-6-7-8-14(16)15(17-5-2)11-9-13(3)10-12-15/h13-14,16H,5,7-12H2,1-3H3. The average Bonchev–Trinajstić information content (AvgIpc) is 2.33. The average molecular weight is 238 g/mol. The summed E-state index contributed by atoms with van der Waals surface area (Å²) in [6.07, 6.45) is 5.44. The van der Waals surface area contributed by atoms with Gasteiger partial charge >= 0.3 is 0 Å². The van der Waals surface area contributed by atoms with Crippen molar-refractivity contribution in [1.29, 1.82) is 0 Å². The van der Waals surface area contributed by atoms with Crippen LogP contribution in [0, 0.1) is 17.8 Å². The Morgan fingerprint density at radius 2 is 2.06 bits per heavy atom. The van der Waals surface area contributed by atoms with Crippen molar-refractivity contribution in [2.75, 3.05) is 6.61 Å². The zero-order valence-electron chi connectivity index (χ0n) is 11.5. The van der Waals surface area contributed by atoms with Crippen molar-refractivity contribution in [3.8, 4) is 11.8 Å². The van der Waals surface area contributed by atoms with E-state index in [1.165, 1.54) is 0 Å². The molecule has 17 heavy (non-hydrogen) atoms. The Bertz CT molecular complexity index is 266. The summed E-state index contributed by atoms with van der Waals surface area (Å²) in [6, 6.07) is 0. The van der Waals surface area contributed by atoms with Crippen LogP contribution in [0.3, 0.4) is 0 Å². The Morgan fingerprint density at radius 1 is 1.41 bits per heavy atom. The van der Waals surface area contributed by atoms with Gasteiger partial charge in [0.25, 0.3) is 0 Å². The van der Waals surface area contributed by atoms with Gasteiger partial charge in [-0.1, -0.05) is 6.92 Å². The number of aliphatic hydroxyl groups excluding tert-OH is 1. The van der Waals surface area contributed by atoms with Crippen molar-refractivity contribution < 1.29 is 9.84 Å². The Morgan fingerprint density at radius 3 is 2.59 bits per heavy atom. The molecule has 0 aromatic rings. The predicted molar refractivity (Wildman–Crippen MR) is 70.7 cm³/mol. The topological polar surface area (TPSA) is 29.5 Å². The summed E-state index contributed by atoms with van der Waals surface area (Å²) in [7, 11) is 0. The molecule has 0 radical (unpaired) electrons. The molecule has 1 unspecified atom stereocenters. The summed E-state index contributed by atoms with van der Waals surface area (Å²) in [4.78, 5) is 0. The molecule has 0 saturated heterocycles. The summed E-state index contributed by atoms with van der Waals surface area (Å²) in [5, 5.41) is 10.4. The van der Waals surface area contributed by atoms with Crippen molar-refractivity contribution in [2.45, 2.75) is 71.0 Å². The van der Waals surface area contributed by atoms with Crippen LogP contribution >= 0.6 is 0 Å². The molecule has 0 bridgehead atoms. The highest BCUT2D eigenvalue weighted by Crippen LogP contribution is 2.38. The SMILES string of the molecule is CC#CCCC(O)C1(OCC)CCC(C)CC1. The van der Waals surface area contributed by atoms with Crippen LogP contribution in [-0.2, 0) is 4.74 Å². The van der Waals surface area contributed by atoms with E-state index in [-0.39, 0.29) is 11.7 Å². The molecule has 1 saturated carbocycles. The van der Waals surface area contributed by atoms with Crippen LogP contribution in [0.1, 0.15) is 59.3 Å². The van der Waals surface area contributed by atoms with Gasteiger partial charge in [-0.15, -0.1) is 11.8 Å². The summed E-state index contributed by atoms with van der Waals surface area (Å²) >= 11 is 0. The molecular weight excluding hydrogens is 212 g/mol. The first kappa shape index (κ1) is 14.5. The lowest BCUT2D eigenvalue weighted by atomic mass is 9.75. The van der Waals surface area contributed by atoms with E-state index in [2.05, 4.69) is 18.8 Å². The van der Waals surface area contributed by atoms with E-state index >= 15 is 0 Å². The third kappa shape index (κ3) is 4.01. The molecule has 2 nitrogen and oxygen atoms in total. The maximum Gasteiger partial charge on any atom is 0.0940 e. The first-order chi connectivity index (χ1) is 8.14. The molecule has 0 spiro atoms. The zero-order chi connectivity index (χ0) is 12.7. The minimum absolute atomic E-state index is 0.295. The van der Waals surface area contributed by atoms with Gasteiger partial charge in [0.2, 0.25) is 0 Å². The van der Waals surface area contributed by atoms with Gasteiger partial charge in [-0.2, -0.15) is 0 Å². The van der Waals surface area contributed by atoms with Crippen LogP contribution in [0.4, 0.5) is 0 Å². The van der Waals surface area contributed by atoms with Gasteiger partial charge in [0.15, 0.2) is 0 Å². The van der Waals surface area contributed by atoms with Gasteiger partial charge in [0.1, 0.15) is 0 Å². The molecular formula is C15H26O2. The van der Waals surface area contributed by atoms with E-state index in [4.69, 9.17) is 4.74 Å². The van der Waals surface area contributed by atoms with Crippen LogP contribution in [-0.4, -0.2) is 23.4 Å². The van der Waals surface area contributed by atoms with Gasteiger partial charge in [-0.25, -0.2) is 0 Å². The van der Waals surface area contributed by atoms with Crippen molar-refractivity contribution >= 4 is 0 Å². The maximum atomic E-state index is 10.4. The summed E-state index contributed by atoms with van der Waals surface area (Å²) < 4.78 is 5.91. The van der Waals surface area contributed by atoms with E-state index in [9.17, 15) is 5.11 Å². The number of hydrogen-bond donors (Lipinski definition) is 1. The van der Waals surface area contributed by atoms with Gasteiger partial charge in [-0.05, 0) is 51.9 Å². The zero-order valence-corrected chi connectivity index (χ0v) is 11.5. The highest BCUT2D eigenvalue weighted by Gasteiger charge is 2.40. The third-order valence-corrected chi connectivity index (χ3v) is 3.88. The molecule has 1 fully saturated rings. The normalized spacial score (nSPS) is 30.5. The largest absolute Gasteiger partial charge is 0.390 e. The van der Waals surface area contributed by atoms with E-state index in [0.29, 0.717) is 6.61 Å². The molecule has 1 N–H and O–H groups in total. The van der Waals surface area contributed by atoms with Gasteiger partial charge in [0.05, 0.1) is 11.7 Å². The lowest BCUT2D eigenvalue weighted by molar-refractivity contribution is -0.145. The Labute approximate surface area is 106 Å². The molecule has 2 heteroatoms. The summed E-state index contributed by atoms with van der Waals surface area (Å²) in [5.74, 6) is 6.67. The van der Waals surface area contributed by atoms with Crippen LogP contribution in [0.15, 0.2) is 0 Å². The highest BCUT2D eigenvalue weighted by atomic mass is 16.5. The quantitative estimate of drug-likeness (QED) is 0.746. The van der Waals surface area contributed by atoms with Crippen molar-refractivity contribution in [1.82, 2.24) is 0 Å². The second kappa shape index (κ2) is 7.03. The van der Waals surface area contributed by atoms with Crippen molar-refractivity contribution in [3.05, 3.63) is 0 Å². The number of rotatable bonds is 5. The molecule has 1 aliphatic rings. The van der Waals surface area contributed by atoms with Gasteiger partial charge in [0, 0.05) is 13.0 Å². The predicted octanol–water partition coefficient (Wildman–Crippen LogP) is 3.14. The molecule has 98 valence electrons. The third-order valence-electron chi connectivity index (χ3n) is 3.88. The van der Waals surface area contributed by atoms with E-state index < -0.39 is 0 Å². The lowest BCUT2D eigenvalue weighted by Gasteiger charge is -2.42. The van der Waals surface area contributed by atoms with E-state index in [1.54, 1.807) is 0 Å². The smallest absolute Gasteiger partial charge is 0.0940 e. The number of hydrogen-bond acceptors (Lipinski definition) is 2. The molecule has 0 heterocycles. The molecule has 1 aliphatic carbocycles. The summed E-state index contributed by atoms with van der Waals surface area (Å²) in [6.45, 7) is 6.82. The van der Waals surface area contributed by atoms with Crippen molar-refractivity contribution in [2.24, 2.45) is 5.92 Å². The Balaban J connectivity index is 2.58. The molecule has 1 atom stereocenters. The molecule has 0 aromatic carbocycles. The van der Waals surface area contributed by atoms with Crippen LogP contribution in [0.25, 0.3) is 0 Å². The van der Waals surface area contributed by atoms with Crippen LogP contribution in [0.2, 0.25) is 0 Å². The highest BCUT2D eigenvalue weighted by molar-refractivity contribution is 4.98. The minimum atomic E-state index is -0.365. The van der Waals surface area contributed by atoms with Gasteiger partial charge in [-0.3, -0.25) is 0 Å². The van der Waals surface area contributed by atoms with Crippen molar-refractivity contribution in [3.63, 3.8) is 0 Å². The first-order valence-corrected chi connectivity index (χ1v) is 6.86. The summed E-state index contributed by atoms with van der Waals surface area (Å²) in [5.41, 5.74) is -0.295. The fourth-order valence-corrected chi connectivity index (χ4v) is 2.71. The van der Waals surface area contributed by atoms with E-state index in [0.717, 1.165) is 44.4 Å². The van der Waals surface area contributed by atoms with Crippen LogP contribution in [0.5, 0.6) is 0 Å². The first-order valence-electron chi connectivity index (χ1n) is 6.86. The van der Waals surface area contributed by atoms with E-state index in [1.807, 2.05) is 13.8 Å². The number of aliphatic hydroxyl groups is 1. The Kier molecular flexibility index (Phi) is 6.02. The molecule has 0 amide bonds. The van der Waals surface area contributed by atoms with Gasteiger partial charge < -0.3 is 9.84 Å². The minimum Gasteiger partial charge on any atom is -0.390 e. The molecule has 0 aliphatic heterocycles. The fourth-order valence-electron chi connectivity index (χ4n) is 2.71.